The molecule has 0 saturated heterocycles. The van der Waals surface area contributed by atoms with Crippen LogP contribution in [0.15, 0.2) is 5.29 Å². The van der Waals surface area contributed by atoms with Crippen molar-refractivity contribution in [3.05, 3.63) is 4.91 Å². The fraction of sp³-hybridized carbons (Fsp3) is 0.857. The van der Waals surface area contributed by atoms with Gasteiger partial charge >= 0.3 is 6.03 Å². The molecule has 0 aliphatic carbocycles. The van der Waals surface area contributed by atoms with Crippen LogP contribution in [-0.4, -0.2) is 23.9 Å². The normalized spacial score (nSPS) is 10.1. The van der Waals surface area contributed by atoms with Crippen molar-refractivity contribution < 1.29 is 9.59 Å². The first-order valence-corrected chi connectivity index (χ1v) is 7.52. The first kappa shape index (κ1) is 18.5. The lowest BCUT2D eigenvalue weighted by Crippen LogP contribution is -2.38. The van der Waals surface area contributed by atoms with E-state index in [9.17, 15) is 14.5 Å². The fourth-order valence-corrected chi connectivity index (χ4v) is 1.98. The summed E-state index contributed by atoms with van der Waals surface area (Å²) in [5, 5.41) is 2.25. The van der Waals surface area contributed by atoms with Gasteiger partial charge in [0.05, 0.1) is 5.29 Å². The summed E-state index contributed by atoms with van der Waals surface area (Å²) in [5.74, 6) is -0.283. The molecule has 0 aromatic rings. The number of nitroso groups, excluding NO2 is 1. The highest BCUT2D eigenvalue weighted by Gasteiger charge is 2.15. The Kier molecular flexibility index (Phi) is 11.7. The molecule has 0 fully saturated rings. The summed E-state index contributed by atoms with van der Waals surface area (Å²) >= 11 is 0. The van der Waals surface area contributed by atoms with E-state index >= 15 is 0 Å². The molecular weight excluding hydrogens is 258 g/mol. The van der Waals surface area contributed by atoms with Gasteiger partial charge in [-0.05, 0) is 6.42 Å². The number of hydrogen-bond acceptors (Lipinski definition) is 4. The van der Waals surface area contributed by atoms with Crippen molar-refractivity contribution in [1.82, 2.24) is 10.3 Å². The van der Waals surface area contributed by atoms with Gasteiger partial charge in [-0.3, -0.25) is 9.69 Å². The van der Waals surface area contributed by atoms with E-state index in [1.807, 2.05) is 0 Å². The lowest BCUT2D eigenvalue weighted by molar-refractivity contribution is -0.127. The molecule has 0 saturated carbocycles. The molecule has 6 nitrogen and oxygen atoms in total. The molecule has 0 aliphatic rings. The summed E-state index contributed by atoms with van der Waals surface area (Å²) in [7, 11) is 1.34. The quantitative estimate of drug-likeness (QED) is 0.356. The van der Waals surface area contributed by atoms with E-state index in [0.29, 0.717) is 6.42 Å². The highest BCUT2D eigenvalue weighted by atomic mass is 16.3. The van der Waals surface area contributed by atoms with Crippen LogP contribution in [0.4, 0.5) is 4.79 Å². The molecule has 0 bridgehead atoms. The predicted molar refractivity (Wildman–Crippen MR) is 78.9 cm³/mol. The molecule has 0 heterocycles. The number of imide groups is 1. The molecule has 3 amide bonds. The number of carbonyl (C=O) groups excluding carboxylic acids is 2. The summed E-state index contributed by atoms with van der Waals surface area (Å²) in [6.07, 6.45) is 10.9. The largest absolute Gasteiger partial charge is 0.346 e. The van der Waals surface area contributed by atoms with Crippen LogP contribution < -0.4 is 5.43 Å². The van der Waals surface area contributed by atoms with Crippen molar-refractivity contribution in [1.29, 1.82) is 0 Å². The van der Waals surface area contributed by atoms with Gasteiger partial charge < -0.3 is 0 Å². The summed E-state index contributed by atoms with van der Waals surface area (Å²) in [5.41, 5.74) is 1.70. The molecule has 116 valence electrons. The van der Waals surface area contributed by atoms with Crippen molar-refractivity contribution in [3.63, 3.8) is 0 Å². The molecule has 20 heavy (non-hydrogen) atoms. The zero-order chi connectivity index (χ0) is 15.2. The third kappa shape index (κ3) is 9.47. The van der Waals surface area contributed by atoms with Crippen LogP contribution in [0.2, 0.25) is 0 Å². The van der Waals surface area contributed by atoms with Gasteiger partial charge in [-0.1, -0.05) is 58.3 Å². The minimum Gasteiger partial charge on any atom is -0.274 e. The number of nitrogens with zero attached hydrogens (tertiary/aromatic N) is 2. The Morgan fingerprint density at radius 2 is 1.45 bits per heavy atom. The minimum absolute atomic E-state index is 0.283. The highest BCUT2D eigenvalue weighted by molar-refractivity contribution is 5.93. The third-order valence-electron chi connectivity index (χ3n) is 3.31. The van der Waals surface area contributed by atoms with Gasteiger partial charge in [-0.25, -0.2) is 4.79 Å². The van der Waals surface area contributed by atoms with Gasteiger partial charge in [0.2, 0.25) is 5.91 Å². The average Bonchev–Trinajstić information content (AvgIpc) is 2.44. The van der Waals surface area contributed by atoms with Crippen LogP contribution in [0.1, 0.15) is 71.1 Å². The van der Waals surface area contributed by atoms with Gasteiger partial charge in [0.1, 0.15) is 0 Å². The summed E-state index contributed by atoms with van der Waals surface area (Å²) in [6.45, 7) is 2.21. The molecule has 1 N–H and O–H groups in total. The maximum Gasteiger partial charge on any atom is 0.346 e. The Morgan fingerprint density at radius 3 is 1.95 bits per heavy atom. The summed E-state index contributed by atoms with van der Waals surface area (Å²) in [6, 6.07) is -0.777. The second-order valence-electron chi connectivity index (χ2n) is 5.04. The Hall–Kier alpha value is -1.46. The zero-order valence-corrected chi connectivity index (χ0v) is 12.7. The lowest BCUT2D eigenvalue weighted by Gasteiger charge is -2.13. The molecule has 0 atom stereocenters. The molecule has 0 rings (SSSR count). The molecule has 0 aromatic heterocycles. The van der Waals surface area contributed by atoms with Crippen molar-refractivity contribution >= 4 is 11.9 Å². The Bertz CT molecular complexity index is 295. The van der Waals surface area contributed by atoms with Gasteiger partial charge in [0.25, 0.3) is 0 Å². The zero-order valence-electron chi connectivity index (χ0n) is 12.7. The average molecular weight is 285 g/mol. The van der Waals surface area contributed by atoms with E-state index in [4.69, 9.17) is 0 Å². The third-order valence-corrected chi connectivity index (χ3v) is 3.31. The second-order valence-corrected chi connectivity index (χ2v) is 5.04. The maximum absolute atomic E-state index is 11.6. The van der Waals surface area contributed by atoms with Gasteiger partial charge in [0.15, 0.2) is 0 Å². The lowest BCUT2D eigenvalue weighted by atomic mass is 10.1. The van der Waals surface area contributed by atoms with Crippen molar-refractivity contribution in [2.75, 3.05) is 7.05 Å². The topological polar surface area (TPSA) is 78.8 Å². The number of rotatable bonds is 11. The van der Waals surface area contributed by atoms with E-state index < -0.39 is 6.03 Å². The van der Waals surface area contributed by atoms with E-state index in [-0.39, 0.29) is 5.91 Å². The van der Waals surface area contributed by atoms with Gasteiger partial charge in [-0.2, -0.15) is 5.43 Å². The van der Waals surface area contributed by atoms with Crippen LogP contribution >= 0.6 is 0 Å². The minimum atomic E-state index is -0.777. The number of nitrogens with one attached hydrogen (secondary N) is 1. The predicted octanol–water partition coefficient (Wildman–Crippen LogP) is 3.76. The molecule has 0 aromatic carbocycles. The fourth-order valence-electron chi connectivity index (χ4n) is 1.98. The van der Waals surface area contributed by atoms with Gasteiger partial charge in [0, 0.05) is 13.5 Å². The van der Waals surface area contributed by atoms with Crippen LogP contribution in [0, 0.1) is 4.91 Å². The number of urea groups is 1. The highest BCUT2D eigenvalue weighted by Crippen LogP contribution is 2.11. The summed E-state index contributed by atoms with van der Waals surface area (Å²) < 4.78 is 0. The molecule has 0 spiro atoms. The molecule has 0 aliphatic heterocycles. The van der Waals surface area contributed by atoms with E-state index in [2.05, 4.69) is 12.2 Å². The number of hydrogen-bond donors (Lipinski definition) is 1. The summed E-state index contributed by atoms with van der Waals surface area (Å²) in [4.78, 5) is 33.5. The van der Waals surface area contributed by atoms with Crippen LogP contribution in [-0.2, 0) is 4.79 Å². The number of carbonyl (C=O) groups is 2. The standard InChI is InChI=1S/C14H27N3O3/c1-3-4-5-6-7-8-9-10-11-12-13(18)17(2)14(19)15-16-20/h3-12H2,1-2H3,(H,15,19,20). The van der Waals surface area contributed by atoms with Crippen LogP contribution in [0.3, 0.4) is 0 Å². The molecule has 0 radical (unpaired) electrons. The SMILES string of the molecule is CCCCCCCCCCCC(=O)N(C)C(=O)NN=O. The smallest absolute Gasteiger partial charge is 0.274 e. The van der Waals surface area contributed by atoms with E-state index in [1.54, 1.807) is 5.43 Å². The number of unbranched alkanes of at least 4 members (excludes halogenated alkanes) is 8. The van der Waals surface area contributed by atoms with Gasteiger partial charge in [-0.15, -0.1) is 4.91 Å². The Labute approximate surface area is 121 Å². The first-order chi connectivity index (χ1) is 9.63. The van der Waals surface area contributed by atoms with Crippen molar-refractivity contribution in [3.8, 4) is 0 Å². The molecule has 0 unspecified atom stereocenters. The molecular formula is C14H27N3O3. The van der Waals surface area contributed by atoms with Crippen LogP contribution in [0.5, 0.6) is 0 Å². The Balaban J connectivity index is 3.48. The Morgan fingerprint density at radius 1 is 0.950 bits per heavy atom. The number of amides is 3. The monoisotopic (exact) mass is 285 g/mol. The van der Waals surface area contributed by atoms with Crippen molar-refractivity contribution in [2.45, 2.75) is 71.1 Å². The second kappa shape index (κ2) is 12.6. The van der Waals surface area contributed by atoms with E-state index in [0.717, 1.165) is 24.2 Å². The van der Waals surface area contributed by atoms with E-state index in [1.165, 1.54) is 45.6 Å². The molecule has 6 heteroatoms. The van der Waals surface area contributed by atoms with Crippen LogP contribution in [0.25, 0.3) is 0 Å². The maximum atomic E-state index is 11.6. The first-order valence-electron chi connectivity index (χ1n) is 7.52. The van der Waals surface area contributed by atoms with Crippen molar-refractivity contribution in [2.24, 2.45) is 5.29 Å².